The number of allylic oxidation sites excluding steroid dienone is 2. The monoisotopic (exact) mass is 422 g/mol. The Morgan fingerprint density at radius 3 is 2.90 bits per heavy atom. The average Bonchev–Trinajstić information content (AvgIpc) is 3.37. The number of quaternary nitrogens is 1. The molecule has 2 atom stereocenters. The van der Waals surface area contributed by atoms with Gasteiger partial charge in [0.25, 0.3) is 0 Å². The van der Waals surface area contributed by atoms with Crippen LogP contribution in [0, 0.1) is 11.3 Å². The van der Waals surface area contributed by atoms with Gasteiger partial charge in [-0.05, 0) is 32.3 Å². The molecule has 8 nitrogen and oxygen atoms in total. The van der Waals surface area contributed by atoms with Crippen molar-refractivity contribution in [1.82, 2.24) is 15.4 Å². The van der Waals surface area contributed by atoms with E-state index in [-0.39, 0.29) is 5.60 Å². The predicted octanol–water partition coefficient (Wildman–Crippen LogP) is 1.71. The maximum atomic E-state index is 7.09. The number of hydrogen-bond donors (Lipinski definition) is 3. The van der Waals surface area contributed by atoms with Crippen molar-refractivity contribution in [3.63, 3.8) is 0 Å². The molecule has 0 spiro atoms. The lowest BCUT2D eigenvalue weighted by molar-refractivity contribution is -0.628. The molecular weight excluding hydrogens is 390 g/mol. The van der Waals surface area contributed by atoms with Crippen LogP contribution >= 0.6 is 0 Å². The van der Waals surface area contributed by atoms with Gasteiger partial charge in [0.05, 0.1) is 35.4 Å². The number of hydrogen-bond acceptors (Lipinski definition) is 7. The number of aromatic nitrogens is 2. The normalized spacial score (nSPS) is 27.3. The summed E-state index contributed by atoms with van der Waals surface area (Å²) in [7, 11) is 0. The Hall–Kier alpha value is -2.74. The van der Waals surface area contributed by atoms with Gasteiger partial charge in [-0.2, -0.15) is 5.10 Å². The van der Waals surface area contributed by atoms with E-state index in [4.69, 9.17) is 10.1 Å². The Morgan fingerprint density at radius 2 is 2.13 bits per heavy atom. The Bertz CT molecular complexity index is 912. The minimum absolute atomic E-state index is 0.0584. The van der Waals surface area contributed by atoms with Crippen LogP contribution in [0.25, 0.3) is 0 Å². The largest absolute Gasteiger partial charge is 0.492 e. The lowest BCUT2D eigenvalue weighted by Crippen LogP contribution is -2.85. The first kappa shape index (κ1) is 20.2. The van der Waals surface area contributed by atoms with E-state index in [1.165, 1.54) is 6.21 Å². The van der Waals surface area contributed by atoms with E-state index in [0.29, 0.717) is 18.0 Å². The van der Waals surface area contributed by atoms with Crippen LogP contribution in [-0.2, 0) is 4.74 Å². The molecule has 0 amide bonds. The van der Waals surface area contributed by atoms with E-state index in [1.54, 1.807) is 12.4 Å². The summed E-state index contributed by atoms with van der Waals surface area (Å²) in [6.45, 7) is 4.15. The van der Waals surface area contributed by atoms with Gasteiger partial charge in [-0.15, -0.1) is 0 Å². The summed E-state index contributed by atoms with van der Waals surface area (Å²) in [5.41, 5.74) is 5.34. The smallest absolute Gasteiger partial charge is 0.132 e. The highest BCUT2D eigenvalue weighted by atomic mass is 16.5. The highest BCUT2D eigenvalue weighted by Gasteiger charge is 2.43. The van der Waals surface area contributed by atoms with Crippen molar-refractivity contribution in [2.75, 3.05) is 18.0 Å². The molecule has 2 unspecified atom stereocenters. The first-order chi connectivity index (χ1) is 15.1. The number of piperidine rings is 1. The zero-order valence-corrected chi connectivity index (χ0v) is 18.1. The summed E-state index contributed by atoms with van der Waals surface area (Å²) in [5.74, 6) is 2.39. The summed E-state index contributed by atoms with van der Waals surface area (Å²) in [5, 5.41) is 14.0. The number of hydrazone groups is 1. The van der Waals surface area contributed by atoms with Crippen LogP contribution in [0.3, 0.4) is 0 Å². The molecular formula is C23H32N7O+. The van der Waals surface area contributed by atoms with Gasteiger partial charge in [-0.25, -0.2) is 9.97 Å². The molecule has 0 radical (unpaired) electrons. The van der Waals surface area contributed by atoms with Crippen molar-refractivity contribution < 1.29 is 10.1 Å². The topological polar surface area (TPSA) is 103 Å². The fraction of sp³-hybridized carbons (Fsp3) is 0.565. The van der Waals surface area contributed by atoms with E-state index in [1.807, 2.05) is 6.20 Å². The molecule has 4 N–H and O–H groups in total. The van der Waals surface area contributed by atoms with E-state index < -0.39 is 0 Å². The lowest BCUT2D eigenvalue weighted by atomic mass is 9.84. The molecule has 2 aliphatic heterocycles. The molecule has 0 aromatic carbocycles. The van der Waals surface area contributed by atoms with Gasteiger partial charge in [0.2, 0.25) is 0 Å². The first-order valence-electron chi connectivity index (χ1n) is 11.4. The Balaban J connectivity index is 1.24. The molecule has 164 valence electrons. The molecule has 1 saturated carbocycles. The van der Waals surface area contributed by atoms with Gasteiger partial charge >= 0.3 is 0 Å². The fourth-order valence-electron chi connectivity index (χ4n) is 4.71. The highest BCUT2D eigenvalue weighted by molar-refractivity contribution is 6.02. The first-order valence-corrected chi connectivity index (χ1v) is 11.4. The zero-order valence-electron chi connectivity index (χ0n) is 18.1. The second-order valence-corrected chi connectivity index (χ2v) is 9.33. The van der Waals surface area contributed by atoms with Gasteiger partial charge < -0.3 is 25.8 Å². The summed E-state index contributed by atoms with van der Waals surface area (Å²) in [6, 6.07) is 3.00. The third-order valence-electron chi connectivity index (χ3n) is 6.91. The van der Waals surface area contributed by atoms with Gasteiger partial charge in [0.15, 0.2) is 0 Å². The molecule has 2 aliphatic carbocycles. The summed E-state index contributed by atoms with van der Waals surface area (Å²) in [4.78, 5) is 11.5. The average molecular weight is 423 g/mol. The molecule has 1 aromatic heterocycles. The molecule has 0 bridgehead atoms. The summed E-state index contributed by atoms with van der Waals surface area (Å²) >= 11 is 0. The van der Waals surface area contributed by atoms with Crippen LogP contribution in [0.2, 0.25) is 0 Å². The molecule has 5 rings (SSSR count). The Kier molecular flexibility index (Phi) is 5.48. The van der Waals surface area contributed by atoms with Crippen LogP contribution < -0.4 is 15.6 Å². The Labute approximate surface area is 183 Å². The van der Waals surface area contributed by atoms with Gasteiger partial charge in [0, 0.05) is 56.6 Å². The van der Waals surface area contributed by atoms with E-state index >= 15 is 0 Å². The number of nitrogens with one attached hydrogen (secondary N) is 2. The molecule has 31 heavy (non-hydrogen) atoms. The van der Waals surface area contributed by atoms with E-state index in [9.17, 15) is 0 Å². The van der Waals surface area contributed by atoms with Gasteiger partial charge in [-0.1, -0.05) is 0 Å². The number of nitrogens with two attached hydrogens (primary N) is 1. The van der Waals surface area contributed by atoms with Crippen LogP contribution in [0.4, 0.5) is 5.82 Å². The maximum absolute atomic E-state index is 7.09. The standard InChI is InChI=1S/C23H31N7O/c1-23(7-8-23)31-17-3-4-19-18(13-17)22(29-28-19)20-14-21(27-15-26-20)30-11-5-16(6-12-30)25-10-2-9-24/h2-3,9-10,14-16,18-19,24-25,28H,4-8,11-13H2,1H3/p+1/b10-2-,24-9?. The van der Waals surface area contributed by atoms with Crippen molar-refractivity contribution in [1.29, 1.82) is 5.41 Å². The summed E-state index contributed by atoms with van der Waals surface area (Å²) < 4.78 is 6.26. The van der Waals surface area contributed by atoms with Crippen molar-refractivity contribution in [3.8, 4) is 0 Å². The van der Waals surface area contributed by atoms with E-state index in [0.717, 1.165) is 74.6 Å². The molecule has 4 aliphatic rings. The number of rotatable bonds is 7. The summed E-state index contributed by atoms with van der Waals surface area (Å²) in [6.07, 6.45) is 15.3. The van der Waals surface area contributed by atoms with E-state index in [2.05, 4.69) is 49.8 Å². The number of anilines is 1. The number of fused-ring (bicyclic) bond motifs is 1. The van der Waals surface area contributed by atoms with Crippen molar-refractivity contribution >= 4 is 17.7 Å². The van der Waals surface area contributed by atoms with Crippen LogP contribution in [0.15, 0.2) is 41.6 Å². The fourth-order valence-corrected chi connectivity index (χ4v) is 4.71. The number of nitrogens with zero attached hydrogens (tertiary/aromatic N) is 4. The lowest BCUT2D eigenvalue weighted by Gasteiger charge is -2.31. The maximum Gasteiger partial charge on any atom is 0.132 e. The van der Waals surface area contributed by atoms with Crippen molar-refractivity contribution in [2.45, 2.75) is 63.1 Å². The molecule has 1 saturated heterocycles. The molecule has 2 fully saturated rings. The van der Waals surface area contributed by atoms with Crippen LogP contribution in [0.1, 0.15) is 51.1 Å². The van der Waals surface area contributed by atoms with Crippen molar-refractivity contribution in [3.05, 3.63) is 42.2 Å². The third-order valence-corrected chi connectivity index (χ3v) is 6.91. The highest BCUT2D eigenvalue weighted by Crippen LogP contribution is 2.43. The second-order valence-electron chi connectivity index (χ2n) is 9.33. The zero-order chi connectivity index (χ0) is 21.3. The van der Waals surface area contributed by atoms with Crippen LogP contribution in [-0.4, -0.2) is 52.7 Å². The molecule has 8 heteroatoms. The SMILES string of the molecule is CC1(OC2=CCC3NN=C(c4cc(N5CCC([NH2+]/C=C\C=N)CC5)ncn4)C3C2)CC1. The van der Waals surface area contributed by atoms with Gasteiger partial charge in [-0.3, -0.25) is 0 Å². The minimum Gasteiger partial charge on any atom is -0.492 e. The second kappa shape index (κ2) is 8.42. The predicted molar refractivity (Wildman–Crippen MR) is 120 cm³/mol. The quantitative estimate of drug-likeness (QED) is 0.581. The molecule has 1 aromatic rings. The van der Waals surface area contributed by atoms with Crippen molar-refractivity contribution in [2.24, 2.45) is 11.0 Å². The van der Waals surface area contributed by atoms with Gasteiger partial charge in [0.1, 0.15) is 17.7 Å². The minimum atomic E-state index is 0.0584. The third kappa shape index (κ3) is 4.49. The molecule has 3 heterocycles. The Morgan fingerprint density at radius 1 is 1.29 bits per heavy atom. The van der Waals surface area contributed by atoms with Crippen LogP contribution in [0.5, 0.6) is 0 Å². The number of ether oxygens (including phenoxy) is 1.